The fourth-order valence-electron chi connectivity index (χ4n) is 2.16. The second kappa shape index (κ2) is 8.41. The summed E-state index contributed by atoms with van der Waals surface area (Å²) in [6.45, 7) is -0.320. The number of nitro groups is 1. The molecule has 0 aliphatic heterocycles. The van der Waals surface area contributed by atoms with Gasteiger partial charge in [0.25, 0.3) is 11.6 Å². The second-order valence-electron chi connectivity index (χ2n) is 5.55. The summed E-state index contributed by atoms with van der Waals surface area (Å²) in [4.78, 5) is 33.4. The van der Waals surface area contributed by atoms with E-state index in [0.29, 0.717) is 0 Å². The average Bonchev–Trinajstić information content (AvgIpc) is 2.64. The maximum atomic E-state index is 12.0. The van der Waals surface area contributed by atoms with Gasteiger partial charge < -0.3 is 10.1 Å². The Hall–Kier alpha value is -3.27. The van der Waals surface area contributed by atoms with Crippen molar-refractivity contribution in [1.82, 2.24) is 5.32 Å². The molecule has 0 saturated carbocycles. The molecular weight excluding hydrogens is 376 g/mol. The molecule has 27 heavy (non-hydrogen) atoms. The summed E-state index contributed by atoms with van der Waals surface area (Å²) in [5.41, 5.74) is -0.102. The van der Waals surface area contributed by atoms with Crippen LogP contribution in [0.25, 0.3) is 0 Å². The summed E-state index contributed by atoms with van der Waals surface area (Å²) >= 11 is 0. The highest BCUT2D eigenvalue weighted by molar-refractivity contribution is 7.90. The zero-order valence-electron chi connectivity index (χ0n) is 14.2. The Bertz CT molecular complexity index is 972. The van der Waals surface area contributed by atoms with Gasteiger partial charge in [-0.05, 0) is 17.7 Å². The molecule has 0 atom stereocenters. The van der Waals surface area contributed by atoms with Crippen LogP contribution >= 0.6 is 0 Å². The van der Waals surface area contributed by atoms with Gasteiger partial charge in [-0.1, -0.05) is 30.3 Å². The lowest BCUT2D eigenvalue weighted by molar-refractivity contribution is -0.387. The minimum Gasteiger partial charge on any atom is -0.452 e. The van der Waals surface area contributed by atoms with E-state index < -0.39 is 43.8 Å². The number of rotatable bonds is 7. The van der Waals surface area contributed by atoms with E-state index >= 15 is 0 Å². The number of nitrogens with one attached hydrogen (secondary N) is 1. The van der Waals surface area contributed by atoms with Crippen LogP contribution in [0.1, 0.15) is 15.9 Å². The molecule has 2 aromatic rings. The predicted molar refractivity (Wildman–Crippen MR) is 94.8 cm³/mol. The molecule has 0 saturated heterocycles. The third-order valence-electron chi connectivity index (χ3n) is 3.46. The molecule has 0 heterocycles. The highest BCUT2D eigenvalue weighted by atomic mass is 32.2. The van der Waals surface area contributed by atoms with E-state index in [1.807, 2.05) is 30.3 Å². The number of benzene rings is 2. The number of carbonyl (C=O) groups excluding carboxylic acids is 2. The van der Waals surface area contributed by atoms with Gasteiger partial charge >= 0.3 is 5.97 Å². The van der Waals surface area contributed by atoms with Crippen molar-refractivity contribution in [3.05, 3.63) is 69.8 Å². The van der Waals surface area contributed by atoms with Crippen LogP contribution in [0.5, 0.6) is 0 Å². The Kier molecular flexibility index (Phi) is 6.24. The lowest BCUT2D eigenvalue weighted by atomic mass is 10.2. The number of nitrogens with zero attached hydrogens (tertiary/aromatic N) is 1. The van der Waals surface area contributed by atoms with Crippen molar-refractivity contribution < 1.29 is 27.7 Å². The molecule has 0 unspecified atom stereocenters. The fraction of sp³-hybridized carbons (Fsp3) is 0.176. The molecule has 0 aromatic heterocycles. The minimum absolute atomic E-state index is 0.232. The summed E-state index contributed by atoms with van der Waals surface area (Å²) in [5, 5.41) is 13.6. The summed E-state index contributed by atoms with van der Waals surface area (Å²) in [7, 11) is -3.84. The van der Waals surface area contributed by atoms with E-state index in [0.717, 1.165) is 30.0 Å². The zero-order valence-corrected chi connectivity index (χ0v) is 15.1. The van der Waals surface area contributed by atoms with Crippen LogP contribution in [-0.4, -0.2) is 38.1 Å². The van der Waals surface area contributed by atoms with Crippen molar-refractivity contribution in [3.63, 3.8) is 0 Å². The molecule has 2 aromatic carbocycles. The predicted octanol–water partition coefficient (Wildman–Crippen LogP) is 1.47. The van der Waals surface area contributed by atoms with E-state index in [4.69, 9.17) is 4.74 Å². The summed E-state index contributed by atoms with van der Waals surface area (Å²) in [6, 6.07) is 11.9. The van der Waals surface area contributed by atoms with Crippen LogP contribution in [0.3, 0.4) is 0 Å². The van der Waals surface area contributed by atoms with Crippen molar-refractivity contribution in [2.45, 2.75) is 11.4 Å². The summed E-state index contributed by atoms with van der Waals surface area (Å²) in [6.07, 6.45) is 0.824. The number of esters is 1. The number of hydrogen-bond donors (Lipinski definition) is 1. The Morgan fingerprint density at radius 2 is 1.81 bits per heavy atom. The van der Waals surface area contributed by atoms with Gasteiger partial charge in [0.1, 0.15) is 4.90 Å². The van der Waals surface area contributed by atoms with Crippen LogP contribution < -0.4 is 5.32 Å². The molecule has 1 N–H and O–H groups in total. The molecule has 0 aliphatic carbocycles. The molecule has 0 radical (unpaired) electrons. The van der Waals surface area contributed by atoms with E-state index in [1.54, 1.807) is 0 Å². The summed E-state index contributed by atoms with van der Waals surface area (Å²) in [5.74, 6) is -1.53. The van der Waals surface area contributed by atoms with Crippen LogP contribution in [0, 0.1) is 10.1 Å². The van der Waals surface area contributed by atoms with Gasteiger partial charge in [0.2, 0.25) is 0 Å². The number of amides is 1. The molecule has 10 heteroatoms. The molecule has 1 amide bonds. The number of ether oxygens (including phenoxy) is 1. The van der Waals surface area contributed by atoms with Gasteiger partial charge in [0, 0.05) is 18.9 Å². The SMILES string of the molecule is CS(=O)(=O)c1ccc(C(=O)OCC(=O)NCc2ccccc2)cc1[N+](=O)[O-]. The maximum Gasteiger partial charge on any atom is 0.338 e. The highest BCUT2D eigenvalue weighted by Gasteiger charge is 2.24. The first kappa shape index (κ1) is 20.0. The van der Waals surface area contributed by atoms with Gasteiger partial charge in [0.15, 0.2) is 16.4 Å². The average molecular weight is 392 g/mol. The Labute approximate surface area is 155 Å². The normalized spacial score (nSPS) is 10.9. The molecule has 142 valence electrons. The third-order valence-corrected chi connectivity index (χ3v) is 4.60. The first-order valence-electron chi connectivity index (χ1n) is 7.64. The molecule has 2 rings (SSSR count). The van der Waals surface area contributed by atoms with Crippen molar-refractivity contribution in [2.24, 2.45) is 0 Å². The number of carbonyl (C=O) groups is 2. The van der Waals surface area contributed by atoms with Crippen molar-refractivity contribution in [3.8, 4) is 0 Å². The van der Waals surface area contributed by atoms with Crippen LogP contribution in [0.4, 0.5) is 5.69 Å². The molecule has 0 bridgehead atoms. The molecular formula is C17H16N2O7S. The Balaban J connectivity index is 2.00. The first-order chi connectivity index (χ1) is 12.7. The summed E-state index contributed by atoms with van der Waals surface area (Å²) < 4.78 is 28.0. The Morgan fingerprint density at radius 3 is 2.41 bits per heavy atom. The van der Waals surface area contributed by atoms with Crippen LogP contribution in [0.15, 0.2) is 53.4 Å². The van der Waals surface area contributed by atoms with Gasteiger partial charge in [-0.2, -0.15) is 0 Å². The van der Waals surface area contributed by atoms with Gasteiger partial charge in [0.05, 0.1) is 10.5 Å². The number of sulfone groups is 1. The smallest absolute Gasteiger partial charge is 0.338 e. The van der Waals surface area contributed by atoms with E-state index in [2.05, 4.69) is 5.32 Å². The van der Waals surface area contributed by atoms with E-state index in [9.17, 15) is 28.1 Å². The molecule has 9 nitrogen and oxygen atoms in total. The third kappa shape index (κ3) is 5.61. The highest BCUT2D eigenvalue weighted by Crippen LogP contribution is 2.25. The van der Waals surface area contributed by atoms with Gasteiger partial charge in [-0.15, -0.1) is 0 Å². The standard InChI is InChI=1S/C17H16N2O7S/c1-27(24,25)15-8-7-13(9-14(15)19(22)23)17(21)26-11-16(20)18-10-12-5-3-2-4-6-12/h2-9H,10-11H2,1H3,(H,18,20). The van der Waals surface area contributed by atoms with Crippen molar-refractivity contribution in [2.75, 3.05) is 12.9 Å². The zero-order chi connectivity index (χ0) is 20.0. The largest absolute Gasteiger partial charge is 0.452 e. The van der Waals surface area contributed by atoms with Crippen LogP contribution in [-0.2, 0) is 25.9 Å². The monoisotopic (exact) mass is 392 g/mol. The van der Waals surface area contributed by atoms with E-state index in [1.165, 1.54) is 0 Å². The second-order valence-corrected chi connectivity index (χ2v) is 7.53. The topological polar surface area (TPSA) is 133 Å². The van der Waals surface area contributed by atoms with Crippen molar-refractivity contribution in [1.29, 1.82) is 0 Å². The van der Waals surface area contributed by atoms with Crippen molar-refractivity contribution >= 4 is 27.4 Å². The lowest BCUT2D eigenvalue weighted by Crippen LogP contribution is -2.28. The minimum atomic E-state index is -3.84. The number of hydrogen-bond acceptors (Lipinski definition) is 7. The fourth-order valence-corrected chi connectivity index (χ4v) is 2.99. The quantitative estimate of drug-likeness (QED) is 0.428. The molecule has 0 fully saturated rings. The van der Waals surface area contributed by atoms with E-state index in [-0.39, 0.29) is 12.1 Å². The lowest BCUT2D eigenvalue weighted by Gasteiger charge is -2.07. The Morgan fingerprint density at radius 1 is 1.15 bits per heavy atom. The van der Waals surface area contributed by atoms with Gasteiger partial charge in [-0.3, -0.25) is 14.9 Å². The number of nitro benzene ring substituents is 1. The maximum absolute atomic E-state index is 12.0. The molecule has 0 aliphatic rings. The first-order valence-corrected chi connectivity index (χ1v) is 9.54. The van der Waals surface area contributed by atoms with Crippen LogP contribution in [0.2, 0.25) is 0 Å². The molecule has 0 spiro atoms. The van der Waals surface area contributed by atoms with Gasteiger partial charge in [-0.25, -0.2) is 13.2 Å².